The number of hydrogen-bond acceptors (Lipinski definition) is 4. The van der Waals surface area contributed by atoms with Gasteiger partial charge in [0, 0.05) is 5.56 Å². The van der Waals surface area contributed by atoms with E-state index in [0.29, 0.717) is 19.1 Å². The molecular formula is C26H31NO3. The predicted molar refractivity (Wildman–Crippen MR) is 118 cm³/mol. The van der Waals surface area contributed by atoms with Crippen LogP contribution in [0.2, 0.25) is 0 Å². The van der Waals surface area contributed by atoms with Gasteiger partial charge in [0.2, 0.25) is 5.89 Å². The highest BCUT2D eigenvalue weighted by Crippen LogP contribution is 2.28. The summed E-state index contributed by atoms with van der Waals surface area (Å²) in [5, 5.41) is 0. The van der Waals surface area contributed by atoms with Crippen molar-refractivity contribution in [3.05, 3.63) is 76.7 Å². The maximum absolute atomic E-state index is 6.23. The third-order valence-corrected chi connectivity index (χ3v) is 5.87. The summed E-state index contributed by atoms with van der Waals surface area (Å²) in [6.07, 6.45) is 4.71. The van der Waals surface area contributed by atoms with Gasteiger partial charge in [-0.1, -0.05) is 48.0 Å². The number of hydrogen-bond donors (Lipinski definition) is 0. The van der Waals surface area contributed by atoms with Crippen LogP contribution in [-0.4, -0.2) is 17.2 Å². The van der Waals surface area contributed by atoms with Crippen molar-refractivity contribution in [1.29, 1.82) is 0 Å². The standard InChI is InChI=1S/C26H31NO3/c1-18-8-6-10-21(14-18)16-28-22-11-7-12-23(15-22)29-17-25-20(3)30-26(27-25)24-13-5-4-9-19(24)2/h4-6,8-10,13-14,22-23H,7,11-12,15-17H2,1-3H3. The molecule has 0 aliphatic heterocycles. The highest BCUT2D eigenvalue weighted by molar-refractivity contribution is 5.58. The van der Waals surface area contributed by atoms with E-state index in [2.05, 4.69) is 44.2 Å². The molecule has 158 valence electrons. The minimum absolute atomic E-state index is 0.208. The van der Waals surface area contributed by atoms with Crippen LogP contribution >= 0.6 is 0 Å². The minimum atomic E-state index is 0.208. The van der Waals surface area contributed by atoms with E-state index in [1.165, 1.54) is 11.1 Å². The number of oxazole rings is 1. The van der Waals surface area contributed by atoms with Crippen molar-refractivity contribution in [2.24, 2.45) is 0 Å². The summed E-state index contributed by atoms with van der Waals surface area (Å²) < 4.78 is 18.3. The zero-order chi connectivity index (χ0) is 20.9. The Morgan fingerprint density at radius 3 is 2.47 bits per heavy atom. The fourth-order valence-corrected chi connectivity index (χ4v) is 4.11. The molecule has 30 heavy (non-hydrogen) atoms. The molecule has 4 nitrogen and oxygen atoms in total. The second-order valence-electron chi connectivity index (χ2n) is 8.36. The highest BCUT2D eigenvalue weighted by atomic mass is 16.5. The smallest absolute Gasteiger partial charge is 0.226 e. The van der Waals surface area contributed by atoms with E-state index in [0.717, 1.165) is 48.3 Å². The molecule has 1 aliphatic rings. The van der Waals surface area contributed by atoms with Gasteiger partial charge in [-0.05, 0) is 63.6 Å². The molecule has 2 aromatic carbocycles. The monoisotopic (exact) mass is 405 g/mol. The van der Waals surface area contributed by atoms with Gasteiger partial charge in [-0.25, -0.2) is 4.98 Å². The van der Waals surface area contributed by atoms with E-state index in [9.17, 15) is 0 Å². The van der Waals surface area contributed by atoms with E-state index < -0.39 is 0 Å². The lowest BCUT2D eigenvalue weighted by Crippen LogP contribution is -2.28. The summed E-state index contributed by atoms with van der Waals surface area (Å²) in [6, 6.07) is 16.7. The van der Waals surface area contributed by atoms with Crippen LogP contribution in [0.15, 0.2) is 52.9 Å². The summed E-state index contributed by atoms with van der Waals surface area (Å²) in [5.41, 5.74) is 5.59. The van der Waals surface area contributed by atoms with Gasteiger partial charge in [-0.15, -0.1) is 0 Å². The Hall–Kier alpha value is -2.43. The predicted octanol–water partition coefficient (Wildman–Crippen LogP) is 6.31. The lowest BCUT2D eigenvalue weighted by atomic mass is 9.95. The van der Waals surface area contributed by atoms with Crippen LogP contribution in [0, 0.1) is 20.8 Å². The van der Waals surface area contributed by atoms with Crippen molar-refractivity contribution >= 4 is 0 Å². The molecule has 0 radical (unpaired) electrons. The van der Waals surface area contributed by atoms with Gasteiger partial charge in [-0.3, -0.25) is 0 Å². The van der Waals surface area contributed by atoms with Gasteiger partial charge in [0.05, 0.1) is 25.4 Å². The zero-order valence-corrected chi connectivity index (χ0v) is 18.2. The van der Waals surface area contributed by atoms with E-state index >= 15 is 0 Å². The van der Waals surface area contributed by atoms with Gasteiger partial charge in [0.25, 0.3) is 0 Å². The molecule has 1 fully saturated rings. The van der Waals surface area contributed by atoms with Crippen LogP contribution in [0.25, 0.3) is 11.5 Å². The molecule has 0 saturated heterocycles. The molecule has 1 saturated carbocycles. The first-order valence-electron chi connectivity index (χ1n) is 10.9. The quantitative estimate of drug-likeness (QED) is 0.462. The third-order valence-electron chi connectivity index (χ3n) is 5.87. The minimum Gasteiger partial charge on any atom is -0.441 e. The van der Waals surface area contributed by atoms with Gasteiger partial charge in [-0.2, -0.15) is 0 Å². The Morgan fingerprint density at radius 2 is 1.70 bits per heavy atom. The van der Waals surface area contributed by atoms with Crippen molar-refractivity contribution in [1.82, 2.24) is 4.98 Å². The van der Waals surface area contributed by atoms with Crippen molar-refractivity contribution < 1.29 is 13.9 Å². The number of benzene rings is 2. The Kier molecular flexibility index (Phi) is 6.66. The zero-order valence-electron chi connectivity index (χ0n) is 18.2. The van der Waals surface area contributed by atoms with E-state index in [-0.39, 0.29) is 12.2 Å². The van der Waals surface area contributed by atoms with E-state index in [4.69, 9.17) is 18.9 Å². The van der Waals surface area contributed by atoms with Crippen LogP contribution in [0.4, 0.5) is 0 Å². The summed E-state index contributed by atoms with van der Waals surface area (Å²) in [7, 11) is 0. The fourth-order valence-electron chi connectivity index (χ4n) is 4.11. The number of ether oxygens (including phenoxy) is 2. The molecule has 0 spiro atoms. The maximum Gasteiger partial charge on any atom is 0.226 e. The number of nitrogens with zero attached hydrogens (tertiary/aromatic N) is 1. The number of rotatable bonds is 7. The average molecular weight is 406 g/mol. The average Bonchev–Trinajstić information content (AvgIpc) is 3.12. The van der Waals surface area contributed by atoms with Crippen molar-refractivity contribution in [3.8, 4) is 11.5 Å². The molecule has 1 aromatic heterocycles. The van der Waals surface area contributed by atoms with Gasteiger partial charge in [0.1, 0.15) is 11.5 Å². The Bertz CT molecular complexity index is 978. The van der Waals surface area contributed by atoms with Crippen molar-refractivity contribution in [2.45, 2.75) is 71.9 Å². The normalized spacial score (nSPS) is 19.2. The fraction of sp³-hybridized carbons (Fsp3) is 0.423. The van der Waals surface area contributed by atoms with Crippen molar-refractivity contribution in [3.63, 3.8) is 0 Å². The molecule has 0 amide bonds. The van der Waals surface area contributed by atoms with Crippen LogP contribution in [-0.2, 0) is 22.7 Å². The highest BCUT2D eigenvalue weighted by Gasteiger charge is 2.24. The van der Waals surface area contributed by atoms with E-state index in [1.807, 2.05) is 25.1 Å². The Morgan fingerprint density at radius 1 is 0.933 bits per heavy atom. The maximum atomic E-state index is 6.23. The second kappa shape index (κ2) is 9.59. The number of aryl methyl sites for hydroxylation is 3. The Labute approximate surface area is 179 Å². The van der Waals surface area contributed by atoms with Gasteiger partial charge in [0.15, 0.2) is 0 Å². The van der Waals surface area contributed by atoms with Gasteiger partial charge >= 0.3 is 0 Å². The molecule has 4 heteroatoms. The van der Waals surface area contributed by atoms with Crippen LogP contribution in [0.5, 0.6) is 0 Å². The lowest BCUT2D eigenvalue weighted by molar-refractivity contribution is -0.0562. The molecule has 0 N–H and O–H groups in total. The van der Waals surface area contributed by atoms with Crippen LogP contribution in [0.1, 0.15) is 53.8 Å². The Balaban J connectivity index is 1.31. The summed E-state index contributed by atoms with van der Waals surface area (Å²) in [6.45, 7) is 7.30. The summed E-state index contributed by atoms with van der Waals surface area (Å²) in [5.74, 6) is 1.50. The van der Waals surface area contributed by atoms with Crippen molar-refractivity contribution in [2.75, 3.05) is 0 Å². The molecular weight excluding hydrogens is 374 g/mol. The first-order valence-corrected chi connectivity index (χ1v) is 10.9. The summed E-state index contributed by atoms with van der Waals surface area (Å²) in [4.78, 5) is 4.71. The molecule has 1 heterocycles. The molecule has 1 aliphatic carbocycles. The van der Waals surface area contributed by atoms with Gasteiger partial charge < -0.3 is 13.9 Å². The van der Waals surface area contributed by atoms with Crippen LogP contribution < -0.4 is 0 Å². The SMILES string of the molecule is Cc1cccc(COC2CCCC(OCc3nc(-c4ccccc4C)oc3C)C2)c1. The largest absolute Gasteiger partial charge is 0.441 e. The lowest BCUT2D eigenvalue weighted by Gasteiger charge is -2.29. The molecule has 4 rings (SSSR count). The molecule has 2 atom stereocenters. The number of aromatic nitrogens is 1. The third kappa shape index (κ3) is 5.18. The first kappa shape index (κ1) is 20.8. The van der Waals surface area contributed by atoms with Crippen LogP contribution in [0.3, 0.4) is 0 Å². The van der Waals surface area contributed by atoms with E-state index in [1.54, 1.807) is 0 Å². The second-order valence-corrected chi connectivity index (χ2v) is 8.36. The topological polar surface area (TPSA) is 44.5 Å². The first-order chi connectivity index (χ1) is 14.6. The summed E-state index contributed by atoms with van der Waals surface area (Å²) >= 11 is 0. The molecule has 0 bridgehead atoms. The molecule has 3 aromatic rings. The molecule has 2 unspecified atom stereocenters.